The SMILES string of the molecule is [2H]O[C@@H]1C[C@@H](C(=O)NC2C3CC4CC(C3)CC2C4)N(CC2CCCC2)C1. The molecule has 1 amide bonds. The Kier molecular flexibility index (Phi) is 4.03. The van der Waals surface area contributed by atoms with E-state index in [4.69, 9.17) is 6.54 Å². The van der Waals surface area contributed by atoms with Crippen LogP contribution in [0.1, 0.15) is 64.2 Å². The highest BCUT2D eigenvalue weighted by molar-refractivity contribution is 5.82. The summed E-state index contributed by atoms with van der Waals surface area (Å²) in [4.78, 5) is 15.5. The van der Waals surface area contributed by atoms with Crippen molar-refractivity contribution in [3.8, 4) is 0 Å². The minimum Gasteiger partial charge on any atom is -0.392 e. The van der Waals surface area contributed by atoms with Gasteiger partial charge >= 0.3 is 0 Å². The van der Waals surface area contributed by atoms with Crippen molar-refractivity contribution in [3.05, 3.63) is 0 Å². The van der Waals surface area contributed by atoms with Gasteiger partial charge in [-0.2, -0.15) is 0 Å². The summed E-state index contributed by atoms with van der Waals surface area (Å²) < 4.78 is 7.33. The number of hydrogen-bond donors (Lipinski definition) is 2. The second kappa shape index (κ2) is 6.53. The fraction of sp³-hybridized carbons (Fsp3) is 0.952. The fourth-order valence-corrected chi connectivity index (χ4v) is 7.28. The highest BCUT2D eigenvalue weighted by Crippen LogP contribution is 2.53. The quantitative estimate of drug-likeness (QED) is 0.804. The number of aliphatic hydroxyl groups is 1. The van der Waals surface area contributed by atoms with E-state index in [1.54, 1.807) is 0 Å². The van der Waals surface area contributed by atoms with Gasteiger partial charge in [0.2, 0.25) is 7.34 Å². The van der Waals surface area contributed by atoms with Gasteiger partial charge in [0, 0.05) is 19.1 Å². The molecule has 0 aromatic carbocycles. The zero-order valence-electron chi connectivity index (χ0n) is 16.4. The van der Waals surface area contributed by atoms with E-state index in [0.29, 0.717) is 12.5 Å². The summed E-state index contributed by atoms with van der Waals surface area (Å²) >= 11 is 0. The molecule has 5 aliphatic carbocycles. The lowest BCUT2D eigenvalue weighted by Crippen LogP contribution is -2.58. The van der Waals surface area contributed by atoms with Crippen molar-refractivity contribution in [2.75, 3.05) is 13.1 Å². The number of amides is 1. The normalized spacial score (nSPS) is 47.4. The average Bonchev–Trinajstić information content (AvgIpc) is 3.27. The summed E-state index contributed by atoms with van der Waals surface area (Å²) in [5, 5.41) is 8.41. The summed E-state index contributed by atoms with van der Waals surface area (Å²) in [6.07, 6.45) is 12.7. The Bertz CT molecular complexity index is 508. The maximum Gasteiger partial charge on any atom is 0.237 e. The van der Waals surface area contributed by atoms with Gasteiger partial charge in [0.1, 0.15) is 0 Å². The monoisotopic (exact) mass is 347 g/mol. The molecule has 5 saturated carbocycles. The number of likely N-dealkylation sites (tertiary alicyclic amines) is 1. The number of carbonyl (C=O) groups excluding carboxylic acids is 1. The van der Waals surface area contributed by atoms with Crippen molar-refractivity contribution < 1.29 is 9.90 Å². The lowest BCUT2D eigenvalue weighted by molar-refractivity contribution is -0.129. The lowest BCUT2D eigenvalue weighted by Gasteiger charge is -2.54. The van der Waals surface area contributed by atoms with Crippen LogP contribution in [0.15, 0.2) is 0 Å². The van der Waals surface area contributed by atoms with E-state index in [2.05, 4.69) is 10.2 Å². The molecule has 4 bridgehead atoms. The number of carbonyl (C=O) groups is 1. The molecule has 25 heavy (non-hydrogen) atoms. The van der Waals surface area contributed by atoms with Crippen molar-refractivity contribution in [1.29, 1.82) is 1.43 Å². The standard InChI is InChI=1S/C21H34N2O2/c24-18-10-19(23(12-18)11-13-3-1-2-4-13)21(25)22-20-16-6-14-5-15(8-16)9-17(20)7-14/h13-20,24H,1-12H2,(H,22,25)/t14?,15?,16?,17?,18-,19+,20?/m1/s1/i24D. The zero-order valence-corrected chi connectivity index (χ0v) is 15.4. The number of β-amino-alcohol motifs (C(OH)–C–C–N with tert-alkyl or cyclic N) is 1. The van der Waals surface area contributed by atoms with Crippen LogP contribution in [0, 0.1) is 29.6 Å². The molecule has 1 aliphatic heterocycles. The van der Waals surface area contributed by atoms with Crippen LogP contribution in [0.2, 0.25) is 0 Å². The molecular weight excluding hydrogens is 312 g/mol. The third-order valence-corrected chi connectivity index (χ3v) is 8.17. The summed E-state index contributed by atoms with van der Waals surface area (Å²) in [7, 11) is 0. The topological polar surface area (TPSA) is 52.6 Å². The Labute approximate surface area is 153 Å². The van der Waals surface area contributed by atoms with E-state index >= 15 is 0 Å². The molecule has 6 fully saturated rings. The molecule has 2 N–H and O–H groups in total. The first-order valence-electron chi connectivity index (χ1n) is 11.3. The smallest absolute Gasteiger partial charge is 0.237 e. The van der Waals surface area contributed by atoms with E-state index < -0.39 is 0 Å². The van der Waals surface area contributed by atoms with Crippen LogP contribution < -0.4 is 5.32 Å². The molecule has 1 heterocycles. The van der Waals surface area contributed by atoms with Gasteiger partial charge in [-0.15, -0.1) is 0 Å². The van der Waals surface area contributed by atoms with Crippen LogP contribution in [-0.2, 0) is 4.79 Å². The predicted octanol–water partition coefficient (Wildman–Crippen LogP) is 2.55. The van der Waals surface area contributed by atoms with E-state index in [0.717, 1.165) is 42.7 Å². The van der Waals surface area contributed by atoms with Gasteiger partial charge in [-0.25, -0.2) is 0 Å². The largest absolute Gasteiger partial charge is 0.392 e. The molecule has 0 aromatic rings. The molecule has 6 rings (SSSR count). The van der Waals surface area contributed by atoms with Gasteiger partial charge in [0.05, 0.1) is 12.1 Å². The minimum atomic E-state index is -0.106. The van der Waals surface area contributed by atoms with Crippen LogP contribution in [-0.4, -0.2) is 48.6 Å². The second-order valence-corrected chi connectivity index (χ2v) is 9.94. The number of nitrogens with one attached hydrogen (secondary N) is 1. The van der Waals surface area contributed by atoms with Crippen molar-refractivity contribution in [3.63, 3.8) is 0 Å². The molecule has 4 heteroatoms. The van der Waals surface area contributed by atoms with E-state index in [1.165, 1.54) is 57.8 Å². The van der Waals surface area contributed by atoms with Crippen LogP contribution in [0.4, 0.5) is 0 Å². The van der Waals surface area contributed by atoms with Crippen LogP contribution in [0.25, 0.3) is 0 Å². The lowest BCUT2D eigenvalue weighted by atomic mass is 9.54. The fourth-order valence-electron chi connectivity index (χ4n) is 7.28. The molecule has 6 aliphatic rings. The van der Waals surface area contributed by atoms with Gasteiger partial charge in [-0.3, -0.25) is 9.69 Å². The maximum absolute atomic E-state index is 13.2. The first-order chi connectivity index (χ1) is 12.7. The molecule has 0 unspecified atom stereocenters. The summed E-state index contributed by atoms with van der Waals surface area (Å²) in [5.41, 5.74) is 0. The van der Waals surface area contributed by atoms with E-state index in [1.807, 2.05) is 0 Å². The molecule has 0 radical (unpaired) electrons. The number of rotatable bonds is 5. The van der Waals surface area contributed by atoms with E-state index in [-0.39, 0.29) is 18.1 Å². The van der Waals surface area contributed by atoms with Crippen molar-refractivity contribution in [2.45, 2.75) is 82.4 Å². The molecule has 140 valence electrons. The van der Waals surface area contributed by atoms with Crippen LogP contribution >= 0.6 is 0 Å². The summed E-state index contributed by atoms with van der Waals surface area (Å²) in [5.74, 6) is 4.29. The maximum atomic E-state index is 13.2. The molecule has 1 saturated heterocycles. The number of aliphatic hydroxyl groups excluding tert-OH is 1. The molecular formula is C21H34N2O2. The van der Waals surface area contributed by atoms with Gasteiger partial charge in [-0.1, -0.05) is 12.8 Å². The van der Waals surface area contributed by atoms with Crippen LogP contribution in [0.3, 0.4) is 0 Å². The third kappa shape index (κ3) is 3.14. The van der Waals surface area contributed by atoms with Crippen LogP contribution in [0.5, 0.6) is 0 Å². The van der Waals surface area contributed by atoms with Gasteiger partial charge in [0.25, 0.3) is 0 Å². The molecule has 0 spiro atoms. The first kappa shape index (κ1) is 15.4. The van der Waals surface area contributed by atoms with Crippen molar-refractivity contribution >= 4 is 5.91 Å². The first-order valence-corrected chi connectivity index (χ1v) is 10.9. The highest BCUT2D eigenvalue weighted by Gasteiger charge is 2.49. The third-order valence-electron chi connectivity index (χ3n) is 8.17. The highest BCUT2D eigenvalue weighted by atomic mass is 16.3. The number of hydrogen-bond acceptors (Lipinski definition) is 3. The molecule has 0 aromatic heterocycles. The second-order valence-electron chi connectivity index (χ2n) is 9.94. The summed E-state index contributed by atoms with van der Waals surface area (Å²) in [6.45, 7) is 1.76. The van der Waals surface area contributed by atoms with Gasteiger partial charge in [0.15, 0.2) is 0 Å². The minimum absolute atomic E-state index is 0.0804. The Balaban J connectivity index is 1.24. The Morgan fingerprint density at radius 2 is 1.72 bits per heavy atom. The average molecular weight is 348 g/mol. The Morgan fingerprint density at radius 1 is 1.04 bits per heavy atom. The Hall–Kier alpha value is -0.610. The van der Waals surface area contributed by atoms with Gasteiger partial charge < -0.3 is 10.4 Å². The van der Waals surface area contributed by atoms with E-state index in [9.17, 15) is 4.79 Å². The Morgan fingerprint density at radius 3 is 2.36 bits per heavy atom. The van der Waals surface area contributed by atoms with Crippen molar-refractivity contribution in [1.82, 2.24) is 10.2 Å². The molecule has 2 atom stereocenters. The van der Waals surface area contributed by atoms with Crippen molar-refractivity contribution in [2.24, 2.45) is 29.6 Å². The zero-order chi connectivity index (χ0) is 17.7. The summed E-state index contributed by atoms with van der Waals surface area (Å²) in [6, 6.07) is 0.336. The van der Waals surface area contributed by atoms with Gasteiger partial charge in [-0.05, 0) is 81.0 Å². The predicted molar refractivity (Wildman–Crippen MR) is 96.9 cm³/mol. The molecule has 4 nitrogen and oxygen atoms in total. The number of nitrogens with zero attached hydrogens (tertiary/aromatic N) is 1.